The molecule has 0 fully saturated rings. The van der Waals surface area contributed by atoms with Crippen molar-refractivity contribution >= 4 is 34.7 Å². The molecule has 1 rings (SSSR count). The highest BCUT2D eigenvalue weighted by Crippen LogP contribution is 2.24. The van der Waals surface area contributed by atoms with Gasteiger partial charge in [0.1, 0.15) is 5.40 Å². The van der Waals surface area contributed by atoms with Crippen molar-refractivity contribution in [2.75, 3.05) is 5.75 Å². The predicted molar refractivity (Wildman–Crippen MR) is 60.3 cm³/mol. The van der Waals surface area contributed by atoms with Crippen molar-refractivity contribution in [2.45, 2.75) is 13.3 Å². The summed E-state index contributed by atoms with van der Waals surface area (Å²) in [5.41, 5.74) is 0. The van der Waals surface area contributed by atoms with E-state index in [-0.39, 0.29) is 0 Å². The van der Waals surface area contributed by atoms with Gasteiger partial charge in [0.2, 0.25) is 0 Å². The van der Waals surface area contributed by atoms with Crippen molar-refractivity contribution in [3.8, 4) is 5.40 Å². The first-order chi connectivity index (χ1) is 6.22. The van der Waals surface area contributed by atoms with Crippen LogP contribution in [0.3, 0.4) is 0 Å². The number of thioether (sulfide) groups is 1. The van der Waals surface area contributed by atoms with E-state index < -0.39 is 0 Å². The molecule has 0 amide bonds. The lowest BCUT2D eigenvalue weighted by molar-refractivity contribution is 0.667. The van der Waals surface area contributed by atoms with Gasteiger partial charge in [0.25, 0.3) is 0 Å². The maximum Gasteiger partial charge on any atom is 0.133 e. The molecule has 1 atom stereocenters. The fraction of sp³-hybridized carbons (Fsp3) is 0.444. The molecule has 1 unspecified atom stereocenters. The monoisotopic (exact) mass is 231 g/mol. The van der Waals surface area contributed by atoms with Crippen molar-refractivity contribution in [3.05, 3.63) is 21.3 Å². The van der Waals surface area contributed by atoms with Gasteiger partial charge < -0.3 is 0 Å². The van der Waals surface area contributed by atoms with Crippen LogP contribution in [-0.4, -0.2) is 5.75 Å². The molecule has 0 aliphatic heterocycles. The maximum absolute atomic E-state index is 8.38. The van der Waals surface area contributed by atoms with Gasteiger partial charge in [0, 0.05) is 10.6 Å². The molecule has 0 aromatic carbocycles. The van der Waals surface area contributed by atoms with Crippen molar-refractivity contribution < 1.29 is 0 Å². The van der Waals surface area contributed by atoms with Crippen molar-refractivity contribution in [3.63, 3.8) is 0 Å². The van der Waals surface area contributed by atoms with Crippen molar-refractivity contribution in [2.24, 2.45) is 5.92 Å². The molecule has 0 aliphatic rings. The summed E-state index contributed by atoms with van der Waals surface area (Å²) in [6, 6.07) is 3.98. The van der Waals surface area contributed by atoms with E-state index in [4.69, 9.17) is 16.9 Å². The normalized spacial score (nSPS) is 12.4. The highest BCUT2D eigenvalue weighted by atomic mass is 35.5. The Hall–Kier alpha value is -0.170. The Bertz CT molecular complexity index is 303. The van der Waals surface area contributed by atoms with Gasteiger partial charge in [-0.2, -0.15) is 5.26 Å². The number of thiophene rings is 1. The molecule has 0 saturated heterocycles. The molecule has 0 aliphatic carbocycles. The van der Waals surface area contributed by atoms with Crippen LogP contribution in [0.25, 0.3) is 0 Å². The number of thiocyanates is 1. The quantitative estimate of drug-likeness (QED) is 0.737. The minimum absolute atomic E-state index is 0.541. The van der Waals surface area contributed by atoms with Crippen LogP contribution in [0.1, 0.15) is 11.8 Å². The average molecular weight is 232 g/mol. The van der Waals surface area contributed by atoms with Crippen LogP contribution in [0, 0.1) is 16.6 Å². The Balaban J connectivity index is 2.37. The second kappa shape index (κ2) is 5.54. The third-order valence-electron chi connectivity index (χ3n) is 1.61. The van der Waals surface area contributed by atoms with Gasteiger partial charge >= 0.3 is 0 Å². The van der Waals surface area contributed by atoms with Gasteiger partial charge in [-0.15, -0.1) is 11.3 Å². The van der Waals surface area contributed by atoms with E-state index >= 15 is 0 Å². The minimum atomic E-state index is 0.541. The Morgan fingerprint density at radius 3 is 3.00 bits per heavy atom. The zero-order valence-corrected chi connectivity index (χ0v) is 9.68. The third kappa shape index (κ3) is 4.04. The average Bonchev–Trinajstić information content (AvgIpc) is 2.48. The summed E-state index contributed by atoms with van der Waals surface area (Å²) >= 11 is 8.75. The van der Waals surface area contributed by atoms with E-state index in [0.717, 1.165) is 16.5 Å². The molecular weight excluding hydrogens is 222 g/mol. The summed E-state index contributed by atoms with van der Waals surface area (Å²) in [6.07, 6.45) is 1.02. The standard InChI is InChI=1S/C9H10ClNS2/c1-7(5-12-6-11)4-8-2-3-9(10)13-8/h2-3,7H,4-5H2,1H3. The molecule has 4 heteroatoms. The molecule has 13 heavy (non-hydrogen) atoms. The lowest BCUT2D eigenvalue weighted by Crippen LogP contribution is -2.00. The van der Waals surface area contributed by atoms with Crippen LogP contribution in [-0.2, 0) is 6.42 Å². The molecule has 1 heterocycles. The van der Waals surface area contributed by atoms with E-state index in [1.54, 1.807) is 11.3 Å². The van der Waals surface area contributed by atoms with Gasteiger partial charge in [-0.25, -0.2) is 0 Å². The van der Waals surface area contributed by atoms with E-state index in [0.29, 0.717) is 5.92 Å². The van der Waals surface area contributed by atoms with Gasteiger partial charge in [-0.05, 0) is 36.2 Å². The lowest BCUT2D eigenvalue weighted by Gasteiger charge is -2.05. The summed E-state index contributed by atoms with van der Waals surface area (Å²) in [7, 11) is 0. The topological polar surface area (TPSA) is 23.8 Å². The molecule has 70 valence electrons. The van der Waals surface area contributed by atoms with Gasteiger partial charge in [-0.3, -0.25) is 0 Å². The molecule has 1 aromatic rings. The molecule has 0 radical (unpaired) electrons. The number of nitrogens with zero attached hydrogens (tertiary/aromatic N) is 1. The number of rotatable bonds is 4. The summed E-state index contributed by atoms with van der Waals surface area (Å²) < 4.78 is 0.843. The van der Waals surface area contributed by atoms with E-state index in [1.807, 2.05) is 6.07 Å². The number of hydrogen-bond acceptors (Lipinski definition) is 3. The summed E-state index contributed by atoms with van der Waals surface area (Å²) in [4.78, 5) is 1.30. The van der Waals surface area contributed by atoms with Crippen LogP contribution in [0.4, 0.5) is 0 Å². The number of halogens is 1. The van der Waals surface area contributed by atoms with E-state index in [9.17, 15) is 0 Å². The van der Waals surface area contributed by atoms with Gasteiger partial charge in [0.05, 0.1) is 4.34 Å². The van der Waals surface area contributed by atoms with Crippen LogP contribution in [0.5, 0.6) is 0 Å². The molecule has 0 N–H and O–H groups in total. The Kier molecular flexibility index (Phi) is 4.65. The first-order valence-corrected chi connectivity index (χ1v) is 6.15. The first-order valence-electron chi connectivity index (χ1n) is 3.97. The van der Waals surface area contributed by atoms with Gasteiger partial charge in [0.15, 0.2) is 0 Å². The van der Waals surface area contributed by atoms with Crippen LogP contribution < -0.4 is 0 Å². The lowest BCUT2D eigenvalue weighted by atomic mass is 10.1. The summed E-state index contributed by atoms with van der Waals surface area (Å²) in [5.74, 6) is 1.44. The molecule has 0 saturated carbocycles. The SMILES string of the molecule is CC(CSC#N)Cc1ccc(Cl)s1. The second-order valence-electron chi connectivity index (χ2n) is 2.92. The Morgan fingerprint density at radius 1 is 1.69 bits per heavy atom. The fourth-order valence-corrected chi connectivity index (χ4v) is 2.77. The zero-order chi connectivity index (χ0) is 9.68. The number of hydrogen-bond donors (Lipinski definition) is 0. The maximum atomic E-state index is 8.38. The summed E-state index contributed by atoms with van der Waals surface area (Å²) in [6.45, 7) is 2.15. The van der Waals surface area contributed by atoms with Crippen LogP contribution >= 0.6 is 34.7 Å². The highest BCUT2D eigenvalue weighted by molar-refractivity contribution is 8.03. The minimum Gasteiger partial charge on any atom is -0.185 e. The molecule has 1 nitrogen and oxygen atoms in total. The van der Waals surface area contributed by atoms with Crippen LogP contribution in [0.15, 0.2) is 12.1 Å². The van der Waals surface area contributed by atoms with Crippen molar-refractivity contribution in [1.82, 2.24) is 0 Å². The van der Waals surface area contributed by atoms with Gasteiger partial charge in [-0.1, -0.05) is 18.5 Å². The molecule has 1 aromatic heterocycles. The molecular formula is C9H10ClNS2. The largest absolute Gasteiger partial charge is 0.185 e. The van der Waals surface area contributed by atoms with Crippen molar-refractivity contribution in [1.29, 1.82) is 5.26 Å². The Labute approximate surface area is 91.7 Å². The number of nitriles is 1. The van der Waals surface area contributed by atoms with Crippen LogP contribution in [0.2, 0.25) is 4.34 Å². The molecule has 0 spiro atoms. The fourth-order valence-electron chi connectivity index (χ4n) is 1.04. The summed E-state index contributed by atoms with van der Waals surface area (Å²) in [5, 5.41) is 10.5. The highest BCUT2D eigenvalue weighted by Gasteiger charge is 2.05. The zero-order valence-electron chi connectivity index (χ0n) is 7.29. The Morgan fingerprint density at radius 2 is 2.46 bits per heavy atom. The van der Waals surface area contributed by atoms with E-state index in [2.05, 4.69) is 18.4 Å². The first kappa shape index (κ1) is 10.9. The van der Waals surface area contributed by atoms with E-state index in [1.165, 1.54) is 16.6 Å². The third-order valence-corrected chi connectivity index (χ3v) is 3.73. The molecule has 0 bridgehead atoms. The predicted octanol–water partition coefficient (Wildman–Crippen LogP) is 3.79. The smallest absolute Gasteiger partial charge is 0.133 e. The second-order valence-corrected chi connectivity index (χ2v) is 5.52.